The van der Waals surface area contributed by atoms with E-state index in [9.17, 15) is 0 Å². The summed E-state index contributed by atoms with van der Waals surface area (Å²) in [7, 11) is 0. The van der Waals surface area contributed by atoms with Crippen LogP contribution in [-0.4, -0.2) is 9.81 Å². The molecule has 0 atom stereocenters. The van der Waals surface area contributed by atoms with Gasteiger partial charge >= 0.3 is 48.5 Å². The van der Waals surface area contributed by atoms with Crippen LogP contribution in [0.1, 0.15) is 0 Å². The molecule has 0 fully saturated rings. The summed E-state index contributed by atoms with van der Waals surface area (Å²) in [6.45, 7) is 0. The van der Waals surface area contributed by atoms with E-state index in [-0.39, 0.29) is 29.7 Å². The zero-order chi connectivity index (χ0) is 4.00. The molecule has 0 N–H and O–H groups in total. The summed E-state index contributed by atoms with van der Waals surface area (Å²) in [5.74, 6) is 0. The molecule has 0 radical (unpaired) electrons. The van der Waals surface area contributed by atoms with Gasteiger partial charge in [0.15, 0.2) is 0 Å². The quantitative estimate of drug-likeness (QED) is 0.468. The van der Waals surface area contributed by atoms with Crippen LogP contribution in [0.15, 0.2) is 0 Å². The predicted octanol–water partition coefficient (Wildman–Crippen LogP) is 1.73. The number of rotatable bonds is 0. The van der Waals surface area contributed by atoms with E-state index in [1.54, 1.807) is 38.7 Å². The second-order valence-electron chi connectivity index (χ2n) is 0. The van der Waals surface area contributed by atoms with Crippen LogP contribution in [0, 0.1) is 29.7 Å². The molecule has 0 unspecified atom stereocenters. The minimum absolute atomic E-state index is 0. The van der Waals surface area contributed by atoms with Gasteiger partial charge < -0.3 is 29.7 Å². The van der Waals surface area contributed by atoms with Gasteiger partial charge in [-0.1, -0.05) is 0 Å². The van der Waals surface area contributed by atoms with Crippen molar-refractivity contribution >= 4 is 9.81 Å². The molecule has 0 spiro atoms. The van der Waals surface area contributed by atoms with Crippen LogP contribution in [-0.2, 0) is 38.7 Å². The Kier molecular flexibility index (Phi) is 2550. The summed E-state index contributed by atoms with van der Waals surface area (Å²) in [5.41, 5.74) is 0. The maximum absolute atomic E-state index is 3.26. The Hall–Kier alpha value is 1.12. The van der Waals surface area contributed by atoms with E-state index in [0.29, 0.717) is 0 Å². The molecule has 0 aliphatic carbocycles. The third-order valence-electron chi connectivity index (χ3n) is 0. The molecule has 0 aromatic heterocycles. The largest absolute Gasteiger partial charge is 0.358 e. The Morgan fingerprint density at radius 1 is 0.500 bits per heavy atom. The monoisotopic (exact) mass is 284 g/mol. The Balaban J connectivity index is -0.00000000167. The summed E-state index contributed by atoms with van der Waals surface area (Å²) < 4.78 is 0. The van der Waals surface area contributed by atoms with E-state index in [1.807, 2.05) is 0 Å². The van der Waals surface area contributed by atoms with Crippen molar-refractivity contribution in [3.63, 3.8) is 0 Å². The first-order chi connectivity index (χ1) is 2.00. The molecule has 0 rings (SSSR count). The zero-order valence-corrected chi connectivity index (χ0v) is 10.2. The number of hydrogen-bond acceptors (Lipinski definition) is 0. The van der Waals surface area contributed by atoms with E-state index in [1.165, 1.54) is 0 Å². The van der Waals surface area contributed by atoms with Gasteiger partial charge in [-0.25, -0.2) is 0 Å². The molecule has 0 saturated carbocycles. The van der Waals surface area contributed by atoms with Gasteiger partial charge in [0.25, 0.3) is 0 Å². The minimum Gasteiger partial charge on any atom is -0.358 e. The summed E-state index contributed by atoms with van der Waals surface area (Å²) >= 11 is 3.40. The predicted molar refractivity (Wildman–Crippen MR) is 39.9 cm³/mol. The molecule has 0 bridgehead atoms. The molecule has 0 aliphatic heterocycles. The second kappa shape index (κ2) is 330. The van der Waals surface area contributed by atoms with E-state index < -0.39 is 0 Å². The van der Waals surface area contributed by atoms with Crippen LogP contribution >= 0.6 is 0 Å². The molecule has 0 aromatic rings. The maximum Gasteiger partial charge on any atom is -0.358 e. The van der Waals surface area contributed by atoms with Crippen molar-refractivity contribution in [2.24, 2.45) is 0 Å². The van der Waals surface area contributed by atoms with E-state index in [0.717, 1.165) is 0 Å². The first-order valence-corrected chi connectivity index (χ1v) is 3.42. The third kappa shape index (κ3) is 214. The van der Waals surface area contributed by atoms with Crippen molar-refractivity contribution in [1.82, 2.24) is 0 Å². The van der Waals surface area contributed by atoms with Gasteiger partial charge in [-0.15, -0.1) is 0 Å². The average Bonchev–Trinajstić information content (AvgIpc) is 1.50. The molecule has 0 saturated heterocycles. The van der Waals surface area contributed by atoms with Gasteiger partial charge in [0.05, 0.1) is 0 Å². The molecule has 56 valence electrons. The third-order valence-corrected chi connectivity index (χ3v) is 0. The molecule has 2 heteroatoms. The van der Waals surface area contributed by atoms with E-state index in [2.05, 4.69) is 9.81 Å². The van der Waals surface area contributed by atoms with Crippen molar-refractivity contribution in [3.05, 3.63) is 29.7 Å². The van der Waals surface area contributed by atoms with Crippen LogP contribution in [0.3, 0.4) is 0 Å². The fraction of sp³-hybridized carbons (Fsp3) is 0. The minimum atomic E-state index is 0. The van der Waals surface area contributed by atoms with Crippen molar-refractivity contribution in [2.75, 3.05) is 0 Å². The smallest absolute Gasteiger partial charge is 0.358 e. The first-order valence-electron chi connectivity index (χ1n) is 0.577. The summed E-state index contributed by atoms with van der Waals surface area (Å²) in [6.07, 6.45) is 0. The summed E-state index contributed by atoms with van der Waals surface area (Å²) in [5, 5.41) is 0. The van der Waals surface area contributed by atoms with Crippen LogP contribution in [0.5, 0.6) is 0 Å². The van der Waals surface area contributed by atoms with Crippen LogP contribution in [0.4, 0.5) is 0 Å². The van der Waals surface area contributed by atoms with E-state index in [4.69, 9.17) is 0 Å². The molecule has 0 aromatic carbocycles. The van der Waals surface area contributed by atoms with Gasteiger partial charge in [0.2, 0.25) is 0 Å². The van der Waals surface area contributed by atoms with Crippen molar-refractivity contribution in [3.8, 4) is 0 Å². The van der Waals surface area contributed by atoms with Crippen molar-refractivity contribution < 1.29 is 38.7 Å². The zero-order valence-electron chi connectivity index (χ0n) is 6.23. The molecular weight excluding hydrogens is 264 g/mol. The standard InChI is InChI=1S/4CH3.2CH2.2Mo/h4*1H3;2*1H2;;/q4*-1;;;;. The van der Waals surface area contributed by atoms with Crippen molar-refractivity contribution in [1.29, 1.82) is 0 Å². The average molecular weight is 280 g/mol. The molecule has 8 heavy (non-hydrogen) atoms. The summed E-state index contributed by atoms with van der Waals surface area (Å²) in [6, 6.07) is 0. The van der Waals surface area contributed by atoms with Crippen molar-refractivity contribution in [2.45, 2.75) is 0 Å². The van der Waals surface area contributed by atoms with Crippen LogP contribution in [0.25, 0.3) is 0 Å². The second-order valence-corrected chi connectivity index (χ2v) is 0. The fourth-order valence-corrected chi connectivity index (χ4v) is 0. The Morgan fingerprint density at radius 3 is 0.500 bits per heavy atom. The van der Waals surface area contributed by atoms with Gasteiger partial charge in [-0.3, -0.25) is 0 Å². The van der Waals surface area contributed by atoms with Crippen LogP contribution < -0.4 is 0 Å². The Labute approximate surface area is 77.9 Å². The topological polar surface area (TPSA) is 0 Å². The molecule has 0 heterocycles. The SMILES string of the molecule is [CH2]=[Mo].[CH2]=[Mo].[CH3-].[CH3-].[CH3-].[CH3-]. The van der Waals surface area contributed by atoms with Gasteiger partial charge in [0.1, 0.15) is 0 Å². The van der Waals surface area contributed by atoms with Gasteiger partial charge in [-0.2, -0.15) is 0 Å². The normalized spacial score (nSPS) is 1.00. The molecule has 0 aliphatic rings. The molecule has 0 amide bonds. The molecule has 0 nitrogen and oxygen atoms in total. The van der Waals surface area contributed by atoms with Crippen LogP contribution in [0.2, 0.25) is 0 Å². The first kappa shape index (κ1) is 61.8. The molecular formula is C6H16Mo2-4. The fourth-order valence-electron chi connectivity index (χ4n) is 0. The van der Waals surface area contributed by atoms with Gasteiger partial charge in [0, 0.05) is 0 Å². The maximum atomic E-state index is 3.26. The van der Waals surface area contributed by atoms with E-state index >= 15 is 0 Å². The van der Waals surface area contributed by atoms with Gasteiger partial charge in [-0.05, 0) is 0 Å². The Morgan fingerprint density at radius 2 is 0.500 bits per heavy atom. The summed E-state index contributed by atoms with van der Waals surface area (Å²) in [4.78, 5) is 6.52. The number of hydrogen-bond donors (Lipinski definition) is 0. The Bertz CT molecular complexity index is 8.49.